The summed E-state index contributed by atoms with van der Waals surface area (Å²) in [5, 5.41) is 0.871. The fourth-order valence-corrected chi connectivity index (χ4v) is 2.52. The smallest absolute Gasteiger partial charge is 0.410 e. The van der Waals surface area contributed by atoms with Gasteiger partial charge in [-0.25, -0.2) is 4.79 Å². The Morgan fingerprint density at radius 3 is 2.77 bits per heavy atom. The largest absolute Gasteiger partial charge is 0.444 e. The second-order valence-corrected chi connectivity index (χ2v) is 6.57. The first kappa shape index (κ1) is 14.6. The van der Waals surface area contributed by atoms with E-state index >= 15 is 0 Å². The van der Waals surface area contributed by atoms with Gasteiger partial charge in [-0.15, -0.1) is 0 Å². The van der Waals surface area contributed by atoms with Crippen LogP contribution in [0.5, 0.6) is 0 Å². The van der Waals surface area contributed by atoms with Gasteiger partial charge < -0.3 is 14.6 Å². The van der Waals surface area contributed by atoms with Gasteiger partial charge >= 0.3 is 6.09 Å². The number of rotatable bonds is 2. The molecule has 1 amide bonds. The maximum absolute atomic E-state index is 12.5. The number of aromatic nitrogens is 2. The van der Waals surface area contributed by atoms with E-state index < -0.39 is 5.60 Å². The molecule has 0 spiro atoms. The Morgan fingerprint density at radius 1 is 1.36 bits per heavy atom. The quantitative estimate of drug-likeness (QED) is 0.865. The van der Waals surface area contributed by atoms with E-state index in [2.05, 4.69) is 9.97 Å². The minimum Gasteiger partial charge on any atom is -0.444 e. The van der Waals surface area contributed by atoms with Crippen LogP contribution in [-0.4, -0.2) is 45.4 Å². The first-order chi connectivity index (χ1) is 10.3. The molecule has 1 fully saturated rings. The molecule has 1 aliphatic heterocycles. The summed E-state index contributed by atoms with van der Waals surface area (Å²) < 4.78 is 5.29. The Labute approximate surface area is 128 Å². The highest BCUT2D eigenvalue weighted by atomic mass is 16.6. The highest BCUT2D eigenvalue weighted by Crippen LogP contribution is 2.26. The molecule has 0 bridgehead atoms. The lowest BCUT2D eigenvalue weighted by Gasteiger charge is -2.38. The van der Waals surface area contributed by atoms with Crippen molar-refractivity contribution < 1.29 is 14.3 Å². The van der Waals surface area contributed by atoms with Crippen molar-refractivity contribution in [3.63, 3.8) is 0 Å². The standard InChI is InChI=1S/C16H19N3O3/c1-16(2,3)22-15(21)19-8-10(9-19)14(20)12-6-18-13-7-17-5-4-11(12)13/h4-7,10,18H,8-9H2,1-3H3. The molecule has 0 atom stereocenters. The lowest BCUT2D eigenvalue weighted by Crippen LogP contribution is -2.54. The van der Waals surface area contributed by atoms with Crippen LogP contribution in [-0.2, 0) is 4.74 Å². The molecule has 0 saturated carbocycles. The third kappa shape index (κ3) is 2.68. The number of nitrogens with zero attached hydrogens (tertiary/aromatic N) is 2. The van der Waals surface area contributed by atoms with Gasteiger partial charge in [0.15, 0.2) is 5.78 Å². The number of nitrogens with one attached hydrogen (secondary N) is 1. The van der Waals surface area contributed by atoms with E-state index in [4.69, 9.17) is 4.74 Å². The van der Waals surface area contributed by atoms with Crippen LogP contribution in [0, 0.1) is 5.92 Å². The third-order valence-electron chi connectivity index (χ3n) is 3.65. The van der Waals surface area contributed by atoms with E-state index in [-0.39, 0.29) is 17.8 Å². The molecule has 3 rings (SSSR count). The summed E-state index contributed by atoms with van der Waals surface area (Å²) in [6, 6.07) is 1.82. The molecule has 2 aromatic heterocycles. The van der Waals surface area contributed by atoms with E-state index in [1.165, 1.54) is 0 Å². The van der Waals surface area contributed by atoms with Gasteiger partial charge in [0.25, 0.3) is 0 Å². The molecule has 0 radical (unpaired) electrons. The number of aromatic amines is 1. The number of Topliss-reactive ketones (excluding diaryl/α,β-unsaturated/α-hetero) is 1. The molecule has 0 aliphatic carbocycles. The average molecular weight is 301 g/mol. The van der Waals surface area contributed by atoms with Gasteiger partial charge in [0.2, 0.25) is 0 Å². The molecule has 0 aromatic carbocycles. The number of ether oxygens (including phenoxy) is 1. The van der Waals surface area contributed by atoms with Crippen molar-refractivity contribution in [2.45, 2.75) is 26.4 Å². The van der Waals surface area contributed by atoms with Gasteiger partial charge in [-0.1, -0.05) is 0 Å². The second-order valence-electron chi connectivity index (χ2n) is 6.57. The zero-order valence-electron chi connectivity index (χ0n) is 12.9. The Balaban J connectivity index is 1.66. The molecule has 1 saturated heterocycles. The number of carbonyl (C=O) groups is 2. The molecular formula is C16H19N3O3. The van der Waals surface area contributed by atoms with Crippen LogP contribution < -0.4 is 0 Å². The van der Waals surface area contributed by atoms with Crippen molar-refractivity contribution in [1.29, 1.82) is 0 Å². The lowest BCUT2D eigenvalue weighted by molar-refractivity contribution is 0.00152. The van der Waals surface area contributed by atoms with Gasteiger partial charge in [0.05, 0.1) is 17.6 Å². The molecule has 6 nitrogen and oxygen atoms in total. The number of amides is 1. The molecule has 2 aromatic rings. The predicted octanol–water partition coefficient (Wildman–Crippen LogP) is 2.61. The van der Waals surface area contributed by atoms with Crippen LogP contribution in [0.2, 0.25) is 0 Å². The molecule has 6 heteroatoms. The first-order valence-corrected chi connectivity index (χ1v) is 7.28. The molecule has 1 N–H and O–H groups in total. The van der Waals surface area contributed by atoms with E-state index in [9.17, 15) is 9.59 Å². The zero-order valence-corrected chi connectivity index (χ0v) is 12.9. The zero-order chi connectivity index (χ0) is 15.9. The van der Waals surface area contributed by atoms with Crippen molar-refractivity contribution in [2.75, 3.05) is 13.1 Å². The summed E-state index contributed by atoms with van der Waals surface area (Å²) in [5.74, 6) is -0.114. The number of carbonyl (C=O) groups excluding carboxylic acids is 2. The lowest BCUT2D eigenvalue weighted by atomic mass is 9.91. The molecule has 1 aliphatic rings. The van der Waals surface area contributed by atoms with Crippen LogP contribution in [0.25, 0.3) is 10.9 Å². The van der Waals surface area contributed by atoms with E-state index in [1.54, 1.807) is 23.5 Å². The third-order valence-corrected chi connectivity index (χ3v) is 3.65. The SMILES string of the molecule is CC(C)(C)OC(=O)N1CC(C(=O)c2c[nH]c3cnccc23)C1. The molecule has 116 valence electrons. The van der Waals surface area contributed by atoms with Crippen molar-refractivity contribution in [2.24, 2.45) is 5.92 Å². The Morgan fingerprint density at radius 2 is 2.09 bits per heavy atom. The summed E-state index contributed by atoms with van der Waals surface area (Å²) in [6.07, 6.45) is 4.71. The summed E-state index contributed by atoms with van der Waals surface area (Å²) in [5.41, 5.74) is 0.983. The van der Waals surface area contributed by atoms with Gasteiger partial charge in [0.1, 0.15) is 5.60 Å². The van der Waals surface area contributed by atoms with Crippen molar-refractivity contribution in [1.82, 2.24) is 14.9 Å². The van der Waals surface area contributed by atoms with Crippen molar-refractivity contribution >= 4 is 22.8 Å². The number of pyridine rings is 1. The number of hydrogen-bond donors (Lipinski definition) is 1. The van der Waals surface area contributed by atoms with Crippen LogP contribution in [0.1, 0.15) is 31.1 Å². The maximum Gasteiger partial charge on any atom is 0.410 e. The summed E-state index contributed by atoms with van der Waals surface area (Å²) in [6.45, 7) is 6.30. The average Bonchev–Trinajstić information content (AvgIpc) is 2.78. The predicted molar refractivity (Wildman–Crippen MR) is 81.7 cm³/mol. The highest BCUT2D eigenvalue weighted by Gasteiger charge is 2.38. The fraction of sp³-hybridized carbons (Fsp3) is 0.438. The van der Waals surface area contributed by atoms with Gasteiger partial charge in [-0.3, -0.25) is 9.78 Å². The minimum absolute atomic E-state index is 0.0530. The summed E-state index contributed by atoms with van der Waals surface area (Å²) in [4.78, 5) is 33.1. The van der Waals surface area contributed by atoms with Crippen LogP contribution in [0.3, 0.4) is 0 Å². The number of H-pyrrole nitrogens is 1. The van der Waals surface area contributed by atoms with Crippen LogP contribution >= 0.6 is 0 Å². The summed E-state index contributed by atoms with van der Waals surface area (Å²) in [7, 11) is 0. The number of hydrogen-bond acceptors (Lipinski definition) is 4. The normalized spacial score (nSPS) is 15.7. The molecule has 0 unspecified atom stereocenters. The molecule has 22 heavy (non-hydrogen) atoms. The Hall–Kier alpha value is -2.37. The number of fused-ring (bicyclic) bond motifs is 1. The first-order valence-electron chi connectivity index (χ1n) is 7.28. The number of likely N-dealkylation sites (tertiary alicyclic amines) is 1. The Bertz CT molecular complexity index is 724. The van der Waals surface area contributed by atoms with Crippen LogP contribution in [0.15, 0.2) is 24.7 Å². The second kappa shape index (κ2) is 5.12. The molecular weight excluding hydrogens is 282 g/mol. The van der Waals surface area contributed by atoms with E-state index in [1.807, 2.05) is 26.8 Å². The number of ketones is 1. The molecule has 3 heterocycles. The van der Waals surface area contributed by atoms with E-state index in [0.29, 0.717) is 18.7 Å². The van der Waals surface area contributed by atoms with E-state index in [0.717, 1.165) is 10.9 Å². The highest BCUT2D eigenvalue weighted by molar-refractivity contribution is 6.09. The van der Waals surface area contributed by atoms with Gasteiger partial charge in [-0.2, -0.15) is 0 Å². The van der Waals surface area contributed by atoms with Crippen LogP contribution in [0.4, 0.5) is 4.79 Å². The van der Waals surface area contributed by atoms with Gasteiger partial charge in [0, 0.05) is 36.4 Å². The monoisotopic (exact) mass is 301 g/mol. The Kier molecular flexibility index (Phi) is 3.39. The van der Waals surface area contributed by atoms with Crippen molar-refractivity contribution in [3.05, 3.63) is 30.2 Å². The summed E-state index contributed by atoms with van der Waals surface area (Å²) >= 11 is 0. The van der Waals surface area contributed by atoms with Crippen molar-refractivity contribution in [3.8, 4) is 0 Å². The fourth-order valence-electron chi connectivity index (χ4n) is 2.52. The van der Waals surface area contributed by atoms with Gasteiger partial charge in [-0.05, 0) is 26.8 Å². The topological polar surface area (TPSA) is 75.3 Å². The minimum atomic E-state index is -0.518. The maximum atomic E-state index is 12.5.